The zero-order chi connectivity index (χ0) is 15.4. The number of anilines is 3. The van der Waals surface area contributed by atoms with Crippen molar-refractivity contribution in [3.63, 3.8) is 0 Å². The number of nitrogen functional groups attached to an aromatic ring is 1. The smallest absolute Gasteiger partial charge is 0.323 e. The molecule has 7 heteroatoms. The molecule has 0 saturated heterocycles. The van der Waals surface area contributed by atoms with Crippen molar-refractivity contribution in [2.24, 2.45) is 5.84 Å². The summed E-state index contributed by atoms with van der Waals surface area (Å²) < 4.78 is 5.34. The summed E-state index contributed by atoms with van der Waals surface area (Å²) in [6.45, 7) is 6.45. The Labute approximate surface area is 124 Å². The third-order valence-corrected chi connectivity index (χ3v) is 3.02. The number of ether oxygens (including phenoxy) is 1. The molecule has 0 saturated carbocycles. The van der Waals surface area contributed by atoms with Crippen LogP contribution >= 0.6 is 0 Å². The van der Waals surface area contributed by atoms with E-state index in [9.17, 15) is 0 Å². The van der Waals surface area contributed by atoms with Crippen molar-refractivity contribution in [2.45, 2.75) is 20.8 Å². The van der Waals surface area contributed by atoms with Gasteiger partial charge in [-0.1, -0.05) is 17.7 Å². The Morgan fingerprint density at radius 1 is 1.24 bits per heavy atom. The molecular weight excluding hydrogens is 268 g/mol. The van der Waals surface area contributed by atoms with Crippen LogP contribution in [0.1, 0.15) is 18.1 Å². The fourth-order valence-electron chi connectivity index (χ4n) is 2.04. The van der Waals surface area contributed by atoms with E-state index >= 15 is 0 Å². The van der Waals surface area contributed by atoms with Gasteiger partial charge in [0.25, 0.3) is 0 Å². The topological polar surface area (TPSA) is 89.2 Å². The van der Waals surface area contributed by atoms with Crippen molar-refractivity contribution in [1.82, 2.24) is 15.0 Å². The lowest BCUT2D eigenvalue weighted by Crippen LogP contribution is -2.18. The fraction of sp³-hybridized carbons (Fsp3) is 0.357. The number of aromatic nitrogens is 3. The average Bonchev–Trinajstić information content (AvgIpc) is 2.46. The summed E-state index contributed by atoms with van der Waals surface area (Å²) in [6, 6.07) is 6.43. The second-order valence-corrected chi connectivity index (χ2v) is 4.67. The van der Waals surface area contributed by atoms with E-state index in [1.54, 1.807) is 0 Å². The predicted octanol–water partition coefficient (Wildman–Crippen LogP) is 1.94. The minimum atomic E-state index is 0.243. The summed E-state index contributed by atoms with van der Waals surface area (Å²) in [5.74, 6) is 6.13. The van der Waals surface area contributed by atoms with Crippen LogP contribution in [0, 0.1) is 13.8 Å². The first-order valence-electron chi connectivity index (χ1n) is 6.71. The minimum Gasteiger partial charge on any atom is -0.464 e. The Morgan fingerprint density at radius 3 is 2.62 bits per heavy atom. The van der Waals surface area contributed by atoms with Crippen LogP contribution in [0.4, 0.5) is 17.6 Å². The van der Waals surface area contributed by atoms with E-state index in [-0.39, 0.29) is 12.0 Å². The number of nitrogens with one attached hydrogen (secondary N) is 1. The second kappa shape index (κ2) is 6.36. The van der Waals surface area contributed by atoms with E-state index in [1.165, 1.54) is 5.56 Å². The van der Waals surface area contributed by atoms with Crippen LogP contribution in [-0.4, -0.2) is 28.6 Å². The van der Waals surface area contributed by atoms with Crippen LogP contribution in [0.3, 0.4) is 0 Å². The second-order valence-electron chi connectivity index (χ2n) is 4.67. The lowest BCUT2D eigenvalue weighted by Gasteiger charge is -2.20. The van der Waals surface area contributed by atoms with Crippen LogP contribution < -0.4 is 20.9 Å². The van der Waals surface area contributed by atoms with Crippen molar-refractivity contribution in [1.29, 1.82) is 0 Å². The molecule has 0 radical (unpaired) electrons. The third kappa shape index (κ3) is 3.38. The molecule has 0 unspecified atom stereocenters. The zero-order valence-corrected chi connectivity index (χ0v) is 12.7. The molecule has 0 amide bonds. The van der Waals surface area contributed by atoms with E-state index in [1.807, 2.05) is 37.9 Å². The van der Waals surface area contributed by atoms with Crippen LogP contribution in [0.5, 0.6) is 6.01 Å². The zero-order valence-electron chi connectivity index (χ0n) is 12.7. The van der Waals surface area contributed by atoms with Crippen LogP contribution in [0.2, 0.25) is 0 Å². The van der Waals surface area contributed by atoms with Crippen LogP contribution in [-0.2, 0) is 0 Å². The molecule has 3 N–H and O–H groups in total. The highest BCUT2D eigenvalue weighted by molar-refractivity contribution is 5.62. The molecule has 7 nitrogen and oxygen atoms in total. The van der Waals surface area contributed by atoms with Gasteiger partial charge in [-0.2, -0.15) is 15.0 Å². The van der Waals surface area contributed by atoms with Crippen molar-refractivity contribution >= 4 is 17.6 Å². The number of rotatable bonds is 5. The van der Waals surface area contributed by atoms with Crippen molar-refractivity contribution < 1.29 is 4.74 Å². The van der Waals surface area contributed by atoms with Crippen molar-refractivity contribution in [3.8, 4) is 6.01 Å². The molecule has 2 rings (SSSR count). The first kappa shape index (κ1) is 15.0. The minimum absolute atomic E-state index is 0.243. The highest BCUT2D eigenvalue weighted by Crippen LogP contribution is 2.26. The number of nitrogens with two attached hydrogens (primary N) is 1. The molecule has 1 heterocycles. The van der Waals surface area contributed by atoms with Gasteiger partial charge >= 0.3 is 6.01 Å². The first-order valence-corrected chi connectivity index (χ1v) is 6.71. The molecule has 0 fully saturated rings. The number of hydrogen-bond acceptors (Lipinski definition) is 7. The molecule has 0 bridgehead atoms. The number of nitrogens with zero attached hydrogens (tertiary/aromatic N) is 4. The molecule has 1 aromatic heterocycles. The summed E-state index contributed by atoms with van der Waals surface area (Å²) in [4.78, 5) is 14.5. The SMILES string of the molecule is CCOc1nc(NN)nc(N(C)c2ccc(C)cc2C)n1. The Kier molecular flexibility index (Phi) is 4.54. The summed E-state index contributed by atoms with van der Waals surface area (Å²) in [5.41, 5.74) is 5.78. The Bertz CT molecular complexity index is 631. The number of benzene rings is 1. The Hall–Kier alpha value is -2.41. The van der Waals surface area contributed by atoms with E-state index < -0.39 is 0 Å². The average molecular weight is 288 g/mol. The normalized spacial score (nSPS) is 10.3. The highest BCUT2D eigenvalue weighted by Gasteiger charge is 2.13. The van der Waals surface area contributed by atoms with Gasteiger partial charge in [0.15, 0.2) is 0 Å². The molecule has 0 spiro atoms. The Morgan fingerprint density at radius 2 is 2.00 bits per heavy atom. The van der Waals surface area contributed by atoms with Crippen LogP contribution in [0.25, 0.3) is 0 Å². The van der Waals surface area contributed by atoms with Crippen LogP contribution in [0.15, 0.2) is 18.2 Å². The standard InChI is InChI=1S/C14H20N6O/c1-5-21-14-17-12(19-15)16-13(18-14)20(4)11-7-6-9(2)8-10(11)3/h6-8H,5,15H2,1-4H3,(H,16,17,18,19). The monoisotopic (exact) mass is 288 g/mol. The molecule has 0 atom stereocenters. The van der Waals surface area contributed by atoms with E-state index in [0.29, 0.717) is 12.6 Å². The van der Waals surface area contributed by atoms with E-state index in [0.717, 1.165) is 11.3 Å². The maximum absolute atomic E-state index is 5.40. The third-order valence-electron chi connectivity index (χ3n) is 3.02. The quantitative estimate of drug-likeness (QED) is 0.642. The molecular formula is C14H20N6O. The molecule has 2 aromatic rings. The summed E-state index contributed by atoms with van der Waals surface area (Å²) in [6.07, 6.45) is 0. The van der Waals surface area contributed by atoms with Gasteiger partial charge in [0.05, 0.1) is 6.61 Å². The maximum atomic E-state index is 5.40. The summed E-state index contributed by atoms with van der Waals surface area (Å²) in [7, 11) is 1.89. The Balaban J connectivity index is 2.41. The van der Waals surface area contributed by atoms with E-state index in [2.05, 4.69) is 33.4 Å². The van der Waals surface area contributed by atoms with Crippen molar-refractivity contribution in [3.05, 3.63) is 29.3 Å². The van der Waals surface area contributed by atoms with Gasteiger partial charge in [0.2, 0.25) is 11.9 Å². The highest BCUT2D eigenvalue weighted by atomic mass is 16.5. The molecule has 0 aliphatic carbocycles. The number of aryl methyl sites for hydroxylation is 2. The lowest BCUT2D eigenvalue weighted by atomic mass is 10.1. The van der Waals surface area contributed by atoms with Gasteiger partial charge in [0.1, 0.15) is 0 Å². The molecule has 1 aromatic carbocycles. The van der Waals surface area contributed by atoms with E-state index in [4.69, 9.17) is 10.6 Å². The van der Waals surface area contributed by atoms with Crippen molar-refractivity contribution in [2.75, 3.05) is 24.0 Å². The van der Waals surface area contributed by atoms with Gasteiger partial charge in [-0.05, 0) is 32.4 Å². The first-order chi connectivity index (χ1) is 10.0. The molecule has 0 aliphatic rings. The fourth-order valence-corrected chi connectivity index (χ4v) is 2.04. The van der Waals surface area contributed by atoms with Gasteiger partial charge in [-0.15, -0.1) is 0 Å². The van der Waals surface area contributed by atoms with Gasteiger partial charge in [-0.25, -0.2) is 5.84 Å². The van der Waals surface area contributed by atoms with Gasteiger partial charge in [0, 0.05) is 12.7 Å². The number of hydrogen-bond donors (Lipinski definition) is 2. The number of hydrazine groups is 1. The lowest BCUT2D eigenvalue weighted by molar-refractivity contribution is 0.312. The summed E-state index contributed by atoms with van der Waals surface area (Å²) >= 11 is 0. The van der Waals surface area contributed by atoms with Gasteiger partial charge in [-0.3, -0.25) is 5.43 Å². The molecule has 0 aliphatic heterocycles. The molecule has 112 valence electrons. The largest absolute Gasteiger partial charge is 0.464 e. The van der Waals surface area contributed by atoms with Gasteiger partial charge < -0.3 is 9.64 Å². The molecule has 21 heavy (non-hydrogen) atoms. The summed E-state index contributed by atoms with van der Waals surface area (Å²) in [5, 5.41) is 0. The maximum Gasteiger partial charge on any atom is 0.323 e. The predicted molar refractivity (Wildman–Crippen MR) is 82.8 cm³/mol.